The topological polar surface area (TPSA) is 66.9 Å². The number of hydrogen-bond acceptors (Lipinski definition) is 4. The molecule has 0 unspecified atom stereocenters. The summed E-state index contributed by atoms with van der Waals surface area (Å²) in [6.07, 6.45) is 1.39. The van der Waals surface area contributed by atoms with Gasteiger partial charge in [0.15, 0.2) is 0 Å². The second kappa shape index (κ2) is 7.57. The maximum absolute atomic E-state index is 12.3. The minimum absolute atomic E-state index is 0.227. The predicted octanol–water partition coefficient (Wildman–Crippen LogP) is 3.77. The van der Waals surface area contributed by atoms with E-state index in [0.29, 0.717) is 18.1 Å². The van der Waals surface area contributed by atoms with Gasteiger partial charge in [0.25, 0.3) is 5.91 Å². The number of amides is 1. The number of benzene rings is 2. The SMILES string of the molecule is Cc1ccc(Nc2cc(C(=O)NCc3ccccc3)ncn2)cc1C. The van der Waals surface area contributed by atoms with Gasteiger partial charge >= 0.3 is 0 Å². The van der Waals surface area contributed by atoms with E-state index in [9.17, 15) is 4.79 Å². The van der Waals surface area contributed by atoms with Gasteiger partial charge < -0.3 is 10.6 Å². The van der Waals surface area contributed by atoms with Crippen LogP contribution >= 0.6 is 0 Å². The Morgan fingerprint density at radius 3 is 2.52 bits per heavy atom. The molecule has 0 bridgehead atoms. The highest BCUT2D eigenvalue weighted by atomic mass is 16.1. The number of anilines is 2. The molecule has 2 N–H and O–H groups in total. The minimum Gasteiger partial charge on any atom is -0.347 e. The summed E-state index contributed by atoms with van der Waals surface area (Å²) in [5.41, 5.74) is 4.72. The third kappa shape index (κ3) is 4.41. The smallest absolute Gasteiger partial charge is 0.270 e. The van der Waals surface area contributed by atoms with Crippen LogP contribution in [0.5, 0.6) is 0 Å². The zero-order chi connectivity index (χ0) is 17.6. The van der Waals surface area contributed by atoms with Gasteiger partial charge in [-0.25, -0.2) is 9.97 Å². The summed E-state index contributed by atoms with van der Waals surface area (Å²) >= 11 is 0. The van der Waals surface area contributed by atoms with Crippen molar-refractivity contribution in [3.8, 4) is 0 Å². The Morgan fingerprint density at radius 2 is 1.76 bits per heavy atom. The lowest BCUT2D eigenvalue weighted by Gasteiger charge is -2.09. The molecule has 1 heterocycles. The van der Waals surface area contributed by atoms with Crippen LogP contribution in [0.4, 0.5) is 11.5 Å². The molecular weight excluding hydrogens is 312 g/mol. The molecule has 0 aliphatic carbocycles. The van der Waals surface area contributed by atoms with Gasteiger partial charge in [-0.1, -0.05) is 36.4 Å². The first-order valence-corrected chi connectivity index (χ1v) is 8.10. The van der Waals surface area contributed by atoms with Crippen LogP contribution in [-0.4, -0.2) is 15.9 Å². The summed E-state index contributed by atoms with van der Waals surface area (Å²) in [5, 5.41) is 6.08. The lowest BCUT2D eigenvalue weighted by atomic mass is 10.1. The molecule has 2 aromatic carbocycles. The van der Waals surface area contributed by atoms with E-state index < -0.39 is 0 Å². The molecule has 0 fully saturated rings. The molecule has 5 nitrogen and oxygen atoms in total. The molecule has 0 aliphatic heterocycles. The first kappa shape index (κ1) is 16.6. The van der Waals surface area contributed by atoms with Crippen LogP contribution in [0.2, 0.25) is 0 Å². The van der Waals surface area contributed by atoms with Gasteiger partial charge in [0, 0.05) is 18.3 Å². The summed E-state index contributed by atoms with van der Waals surface area (Å²) in [4.78, 5) is 20.5. The van der Waals surface area contributed by atoms with E-state index in [2.05, 4.69) is 34.4 Å². The van der Waals surface area contributed by atoms with E-state index in [1.165, 1.54) is 17.5 Å². The normalized spacial score (nSPS) is 10.3. The molecule has 0 aliphatic rings. The average molecular weight is 332 g/mol. The van der Waals surface area contributed by atoms with Crippen molar-refractivity contribution < 1.29 is 4.79 Å². The molecule has 0 radical (unpaired) electrons. The van der Waals surface area contributed by atoms with Crippen molar-refractivity contribution in [3.63, 3.8) is 0 Å². The van der Waals surface area contributed by atoms with Crippen molar-refractivity contribution in [1.29, 1.82) is 0 Å². The molecule has 126 valence electrons. The fourth-order valence-corrected chi connectivity index (χ4v) is 2.39. The lowest BCUT2D eigenvalue weighted by molar-refractivity contribution is 0.0946. The van der Waals surface area contributed by atoms with Crippen LogP contribution in [0.25, 0.3) is 0 Å². The van der Waals surface area contributed by atoms with E-state index in [-0.39, 0.29) is 5.91 Å². The van der Waals surface area contributed by atoms with E-state index in [1.807, 2.05) is 48.5 Å². The van der Waals surface area contributed by atoms with Gasteiger partial charge in [0.1, 0.15) is 17.8 Å². The van der Waals surface area contributed by atoms with Crippen LogP contribution in [0.1, 0.15) is 27.2 Å². The Morgan fingerprint density at radius 1 is 0.960 bits per heavy atom. The zero-order valence-electron chi connectivity index (χ0n) is 14.3. The standard InChI is InChI=1S/C20H20N4O/c1-14-8-9-17(10-15(14)2)24-19-11-18(22-13-23-19)20(25)21-12-16-6-4-3-5-7-16/h3-11,13H,12H2,1-2H3,(H,21,25)(H,22,23,24). The summed E-state index contributed by atoms with van der Waals surface area (Å²) in [6, 6.07) is 17.5. The predicted molar refractivity (Wildman–Crippen MR) is 98.8 cm³/mol. The third-order valence-electron chi connectivity index (χ3n) is 3.97. The highest BCUT2D eigenvalue weighted by Crippen LogP contribution is 2.18. The van der Waals surface area contributed by atoms with Gasteiger partial charge in [-0.05, 0) is 42.7 Å². The van der Waals surface area contributed by atoms with Crippen LogP contribution in [0.15, 0.2) is 60.9 Å². The molecule has 0 saturated heterocycles. The Bertz CT molecular complexity index is 878. The van der Waals surface area contributed by atoms with Gasteiger partial charge in [-0.15, -0.1) is 0 Å². The van der Waals surface area contributed by atoms with Crippen molar-refractivity contribution in [3.05, 3.63) is 83.3 Å². The first-order chi connectivity index (χ1) is 12.1. The van der Waals surface area contributed by atoms with Crippen molar-refractivity contribution in [1.82, 2.24) is 15.3 Å². The summed E-state index contributed by atoms with van der Waals surface area (Å²) in [7, 11) is 0. The van der Waals surface area contributed by atoms with E-state index in [1.54, 1.807) is 6.07 Å². The van der Waals surface area contributed by atoms with Crippen LogP contribution < -0.4 is 10.6 Å². The van der Waals surface area contributed by atoms with E-state index in [4.69, 9.17) is 0 Å². The maximum atomic E-state index is 12.3. The largest absolute Gasteiger partial charge is 0.347 e. The number of rotatable bonds is 5. The van der Waals surface area contributed by atoms with E-state index >= 15 is 0 Å². The van der Waals surface area contributed by atoms with Crippen LogP contribution in [0, 0.1) is 13.8 Å². The number of carbonyl (C=O) groups is 1. The van der Waals surface area contributed by atoms with E-state index in [0.717, 1.165) is 11.3 Å². The quantitative estimate of drug-likeness (QED) is 0.746. The molecule has 0 spiro atoms. The second-order valence-electron chi connectivity index (χ2n) is 5.88. The fraction of sp³-hybridized carbons (Fsp3) is 0.150. The molecule has 1 amide bonds. The number of carbonyl (C=O) groups excluding carboxylic acids is 1. The van der Waals surface area contributed by atoms with Crippen LogP contribution in [-0.2, 0) is 6.54 Å². The molecule has 0 atom stereocenters. The number of hydrogen-bond donors (Lipinski definition) is 2. The van der Waals surface area contributed by atoms with Crippen molar-refractivity contribution in [2.75, 3.05) is 5.32 Å². The van der Waals surface area contributed by atoms with Crippen molar-refractivity contribution >= 4 is 17.4 Å². The molecule has 3 rings (SSSR count). The molecule has 25 heavy (non-hydrogen) atoms. The highest BCUT2D eigenvalue weighted by Gasteiger charge is 2.09. The lowest BCUT2D eigenvalue weighted by Crippen LogP contribution is -2.24. The monoisotopic (exact) mass is 332 g/mol. The van der Waals surface area contributed by atoms with Crippen molar-refractivity contribution in [2.24, 2.45) is 0 Å². The Kier molecular flexibility index (Phi) is 5.04. The molecule has 3 aromatic rings. The first-order valence-electron chi connectivity index (χ1n) is 8.10. The van der Waals surface area contributed by atoms with Gasteiger partial charge in [-0.3, -0.25) is 4.79 Å². The molecule has 5 heteroatoms. The Hall–Kier alpha value is -3.21. The Labute approximate surface area is 147 Å². The zero-order valence-corrected chi connectivity index (χ0v) is 14.3. The molecular formula is C20H20N4O. The summed E-state index contributed by atoms with van der Waals surface area (Å²) in [5.74, 6) is 0.359. The summed E-state index contributed by atoms with van der Waals surface area (Å²) < 4.78 is 0. The minimum atomic E-state index is -0.227. The number of aryl methyl sites for hydroxylation is 2. The number of nitrogens with zero attached hydrogens (tertiary/aromatic N) is 2. The molecule has 1 aromatic heterocycles. The highest BCUT2D eigenvalue weighted by molar-refractivity contribution is 5.92. The Balaban J connectivity index is 1.68. The average Bonchev–Trinajstić information content (AvgIpc) is 2.64. The van der Waals surface area contributed by atoms with Crippen LogP contribution in [0.3, 0.4) is 0 Å². The second-order valence-corrected chi connectivity index (χ2v) is 5.88. The van der Waals surface area contributed by atoms with Gasteiger partial charge in [0.05, 0.1) is 0 Å². The maximum Gasteiger partial charge on any atom is 0.270 e. The van der Waals surface area contributed by atoms with Gasteiger partial charge in [-0.2, -0.15) is 0 Å². The fourth-order valence-electron chi connectivity index (χ4n) is 2.39. The van der Waals surface area contributed by atoms with Gasteiger partial charge in [0.2, 0.25) is 0 Å². The number of nitrogens with one attached hydrogen (secondary N) is 2. The molecule has 0 saturated carbocycles. The van der Waals surface area contributed by atoms with Crippen molar-refractivity contribution in [2.45, 2.75) is 20.4 Å². The summed E-state index contributed by atoms with van der Waals surface area (Å²) in [6.45, 7) is 4.59. The number of aromatic nitrogens is 2. The third-order valence-corrected chi connectivity index (χ3v) is 3.97.